The fourth-order valence-corrected chi connectivity index (χ4v) is 2.99. The lowest BCUT2D eigenvalue weighted by Crippen LogP contribution is -2.21. The normalized spacial score (nSPS) is 10.4. The smallest absolute Gasteiger partial charge is 0.306 e. The van der Waals surface area contributed by atoms with Gasteiger partial charge in [0.15, 0.2) is 6.61 Å². The molecule has 1 N–H and O–H groups in total. The molecule has 0 heterocycles. The Morgan fingerprint density at radius 3 is 2.67 bits per heavy atom. The van der Waals surface area contributed by atoms with E-state index in [1.807, 2.05) is 38.1 Å². The summed E-state index contributed by atoms with van der Waals surface area (Å²) in [6, 6.07) is 11.1. The number of aryl methyl sites for hydroxylation is 2. The number of hydrogen-bond donors (Lipinski definition) is 1. The number of nitrogens with one attached hydrogen (secondary N) is 1. The Bertz CT molecular complexity index is 826. The van der Waals surface area contributed by atoms with Crippen LogP contribution in [0.5, 0.6) is 5.75 Å². The number of rotatable bonds is 8. The molecular formula is C20H21BrClNO4. The average molecular weight is 455 g/mol. The highest BCUT2D eigenvalue weighted by atomic mass is 79.9. The lowest BCUT2D eigenvalue weighted by Gasteiger charge is -2.10. The van der Waals surface area contributed by atoms with E-state index in [-0.39, 0.29) is 18.9 Å². The minimum Gasteiger partial charge on any atom is -0.492 e. The zero-order valence-corrected chi connectivity index (χ0v) is 17.5. The van der Waals surface area contributed by atoms with Crippen molar-refractivity contribution in [1.29, 1.82) is 0 Å². The van der Waals surface area contributed by atoms with Gasteiger partial charge in [0, 0.05) is 16.6 Å². The van der Waals surface area contributed by atoms with Crippen molar-refractivity contribution in [2.24, 2.45) is 0 Å². The molecule has 0 bridgehead atoms. The highest BCUT2D eigenvalue weighted by Crippen LogP contribution is 2.27. The second-order valence-electron chi connectivity index (χ2n) is 6.05. The molecule has 2 rings (SSSR count). The van der Waals surface area contributed by atoms with Gasteiger partial charge in [-0.25, -0.2) is 0 Å². The molecule has 27 heavy (non-hydrogen) atoms. The van der Waals surface area contributed by atoms with Gasteiger partial charge in [-0.3, -0.25) is 9.59 Å². The first kappa shape index (κ1) is 21.3. The first-order valence-electron chi connectivity index (χ1n) is 8.45. The average Bonchev–Trinajstić information content (AvgIpc) is 2.61. The van der Waals surface area contributed by atoms with Gasteiger partial charge in [-0.15, -0.1) is 0 Å². The molecule has 144 valence electrons. The van der Waals surface area contributed by atoms with Gasteiger partial charge < -0.3 is 14.8 Å². The minimum absolute atomic E-state index is 0.158. The fraction of sp³-hybridized carbons (Fsp3) is 0.300. The van der Waals surface area contributed by atoms with Gasteiger partial charge >= 0.3 is 5.97 Å². The van der Waals surface area contributed by atoms with Crippen LogP contribution in [0.2, 0.25) is 5.02 Å². The molecule has 0 aromatic heterocycles. The van der Waals surface area contributed by atoms with Gasteiger partial charge in [-0.05, 0) is 55.7 Å². The van der Waals surface area contributed by atoms with Crippen LogP contribution in [-0.2, 0) is 14.3 Å². The van der Waals surface area contributed by atoms with Crippen LogP contribution in [0.1, 0.15) is 24.0 Å². The molecule has 2 aromatic carbocycles. The molecule has 0 radical (unpaired) electrons. The van der Waals surface area contributed by atoms with Crippen LogP contribution in [0.3, 0.4) is 0 Å². The first-order valence-corrected chi connectivity index (χ1v) is 9.63. The molecular weight excluding hydrogens is 434 g/mol. The van der Waals surface area contributed by atoms with Crippen molar-refractivity contribution in [3.05, 3.63) is 57.0 Å². The van der Waals surface area contributed by atoms with E-state index in [2.05, 4.69) is 21.2 Å². The Hall–Kier alpha value is -2.05. The van der Waals surface area contributed by atoms with Crippen molar-refractivity contribution in [2.75, 3.05) is 18.5 Å². The maximum absolute atomic E-state index is 11.9. The zero-order valence-electron chi connectivity index (χ0n) is 15.2. The van der Waals surface area contributed by atoms with Crippen molar-refractivity contribution in [3.63, 3.8) is 0 Å². The summed E-state index contributed by atoms with van der Waals surface area (Å²) >= 11 is 9.37. The lowest BCUT2D eigenvalue weighted by atomic mass is 10.1. The van der Waals surface area contributed by atoms with Gasteiger partial charge in [-0.1, -0.05) is 39.7 Å². The summed E-state index contributed by atoms with van der Waals surface area (Å²) in [4.78, 5) is 23.7. The molecule has 0 saturated carbocycles. The second kappa shape index (κ2) is 10.3. The maximum Gasteiger partial charge on any atom is 0.306 e. The molecule has 0 aliphatic heterocycles. The van der Waals surface area contributed by atoms with E-state index in [1.165, 1.54) is 0 Å². The molecule has 7 heteroatoms. The van der Waals surface area contributed by atoms with Crippen LogP contribution < -0.4 is 10.1 Å². The molecule has 0 spiro atoms. The number of ether oxygens (including phenoxy) is 2. The molecule has 0 fully saturated rings. The van der Waals surface area contributed by atoms with Crippen LogP contribution in [0.15, 0.2) is 40.9 Å². The van der Waals surface area contributed by atoms with Crippen molar-refractivity contribution in [2.45, 2.75) is 26.7 Å². The largest absolute Gasteiger partial charge is 0.492 e. The van der Waals surface area contributed by atoms with Gasteiger partial charge in [0.05, 0.1) is 11.6 Å². The van der Waals surface area contributed by atoms with E-state index in [4.69, 9.17) is 21.1 Å². The van der Waals surface area contributed by atoms with Crippen LogP contribution in [0, 0.1) is 13.8 Å². The predicted molar refractivity (Wildman–Crippen MR) is 109 cm³/mol. The quantitative estimate of drug-likeness (QED) is 0.447. The van der Waals surface area contributed by atoms with E-state index in [9.17, 15) is 9.59 Å². The molecule has 0 aliphatic rings. The topological polar surface area (TPSA) is 64.6 Å². The summed E-state index contributed by atoms with van der Waals surface area (Å²) in [5, 5.41) is 3.24. The van der Waals surface area contributed by atoms with Crippen molar-refractivity contribution >= 4 is 45.1 Å². The second-order valence-corrected chi connectivity index (χ2v) is 7.38. The number of anilines is 1. The number of esters is 1. The van der Waals surface area contributed by atoms with Crippen LogP contribution in [0.4, 0.5) is 5.69 Å². The molecule has 2 aromatic rings. The summed E-state index contributed by atoms with van der Waals surface area (Å²) in [5.74, 6) is -0.257. The Balaban J connectivity index is 1.67. The molecule has 0 saturated heterocycles. The Labute approximate surface area is 172 Å². The lowest BCUT2D eigenvalue weighted by molar-refractivity contribution is -0.147. The van der Waals surface area contributed by atoms with Gasteiger partial charge in [-0.2, -0.15) is 0 Å². The Kier molecular flexibility index (Phi) is 8.13. The number of amides is 1. The fourth-order valence-electron chi connectivity index (χ4n) is 2.27. The SMILES string of the molecule is Cc1ccc(C)c(NC(=O)COC(=O)CCCOc2ccc(Br)cc2Cl)c1. The maximum atomic E-state index is 11.9. The number of hydrogen-bond acceptors (Lipinski definition) is 4. The summed E-state index contributed by atoms with van der Waals surface area (Å²) < 4.78 is 11.4. The number of halogens is 2. The third kappa shape index (κ3) is 7.23. The van der Waals surface area contributed by atoms with Gasteiger partial charge in [0.25, 0.3) is 5.91 Å². The van der Waals surface area contributed by atoms with E-state index >= 15 is 0 Å². The van der Waals surface area contributed by atoms with E-state index in [0.29, 0.717) is 23.8 Å². The van der Waals surface area contributed by atoms with E-state index in [0.717, 1.165) is 21.3 Å². The third-order valence-corrected chi connectivity index (χ3v) is 4.50. The standard InChI is InChI=1S/C20H21BrClNO4/c1-13-5-6-14(2)17(10-13)23-19(24)12-27-20(25)4-3-9-26-18-8-7-15(21)11-16(18)22/h5-8,10-11H,3-4,9,12H2,1-2H3,(H,23,24). The highest BCUT2D eigenvalue weighted by Gasteiger charge is 2.10. The Morgan fingerprint density at radius 2 is 1.93 bits per heavy atom. The zero-order chi connectivity index (χ0) is 19.8. The first-order chi connectivity index (χ1) is 12.8. The van der Waals surface area contributed by atoms with Gasteiger partial charge in [0.1, 0.15) is 5.75 Å². The monoisotopic (exact) mass is 453 g/mol. The molecule has 0 aliphatic carbocycles. The van der Waals surface area contributed by atoms with Crippen molar-refractivity contribution in [1.82, 2.24) is 0 Å². The number of carbonyl (C=O) groups excluding carboxylic acids is 2. The van der Waals surface area contributed by atoms with Crippen LogP contribution in [-0.4, -0.2) is 25.1 Å². The van der Waals surface area contributed by atoms with Gasteiger partial charge in [0.2, 0.25) is 0 Å². The van der Waals surface area contributed by atoms with E-state index in [1.54, 1.807) is 12.1 Å². The third-order valence-electron chi connectivity index (χ3n) is 3.71. The summed E-state index contributed by atoms with van der Waals surface area (Å²) in [6.07, 6.45) is 0.620. The molecule has 0 atom stereocenters. The van der Waals surface area contributed by atoms with Crippen molar-refractivity contribution < 1.29 is 19.1 Å². The number of carbonyl (C=O) groups is 2. The van der Waals surface area contributed by atoms with Crippen LogP contribution in [0.25, 0.3) is 0 Å². The predicted octanol–water partition coefficient (Wildman–Crippen LogP) is 5.06. The molecule has 5 nitrogen and oxygen atoms in total. The highest BCUT2D eigenvalue weighted by molar-refractivity contribution is 9.10. The Morgan fingerprint density at radius 1 is 1.15 bits per heavy atom. The van der Waals surface area contributed by atoms with E-state index < -0.39 is 5.97 Å². The summed E-state index contributed by atoms with van der Waals surface area (Å²) in [6.45, 7) is 3.86. The minimum atomic E-state index is -0.448. The molecule has 0 unspecified atom stereocenters. The summed E-state index contributed by atoms with van der Waals surface area (Å²) in [7, 11) is 0. The number of benzene rings is 2. The van der Waals surface area contributed by atoms with Crippen molar-refractivity contribution in [3.8, 4) is 5.75 Å². The van der Waals surface area contributed by atoms with Crippen LogP contribution >= 0.6 is 27.5 Å². The summed E-state index contributed by atoms with van der Waals surface area (Å²) in [5.41, 5.74) is 2.71. The molecule has 1 amide bonds.